The molecule has 5 heteroatoms. The normalized spacial score (nSPS) is 8.60. The van der Waals surface area contributed by atoms with Crippen LogP contribution >= 0.6 is 12.2 Å². The molecule has 0 bridgehead atoms. The van der Waals surface area contributed by atoms with Crippen molar-refractivity contribution in [3.63, 3.8) is 0 Å². The van der Waals surface area contributed by atoms with Crippen LogP contribution in [0.5, 0.6) is 0 Å². The summed E-state index contributed by atoms with van der Waals surface area (Å²) in [5.74, 6) is -0.889. The summed E-state index contributed by atoms with van der Waals surface area (Å²) in [6, 6.07) is 0. The van der Waals surface area contributed by atoms with Crippen LogP contribution in [0.1, 0.15) is 0 Å². The van der Waals surface area contributed by atoms with Crippen molar-refractivity contribution in [1.29, 1.82) is 0 Å². The van der Waals surface area contributed by atoms with Gasteiger partial charge in [-0.05, 0) is 12.2 Å². The van der Waals surface area contributed by atoms with Crippen LogP contribution in [0.3, 0.4) is 0 Å². The third-order valence-electron chi connectivity index (χ3n) is 0.933. The highest BCUT2D eigenvalue weighted by Gasteiger charge is 2.04. The molecule has 0 aromatic rings. The zero-order valence-electron chi connectivity index (χ0n) is 5.92. The van der Waals surface area contributed by atoms with Gasteiger partial charge in [-0.3, -0.25) is 4.79 Å². The van der Waals surface area contributed by atoms with Gasteiger partial charge >= 0.3 is 5.97 Å². The minimum atomic E-state index is -0.889. The molecular weight excluding hydrogens is 152 g/mol. The van der Waals surface area contributed by atoms with Gasteiger partial charge in [0.2, 0.25) is 0 Å². The molecule has 0 unspecified atom stereocenters. The zero-order valence-corrected chi connectivity index (χ0v) is 6.73. The average Bonchev–Trinajstić information content (AvgIpc) is 1.85. The van der Waals surface area contributed by atoms with Crippen molar-refractivity contribution in [2.75, 3.05) is 20.6 Å². The van der Waals surface area contributed by atoms with E-state index in [9.17, 15) is 4.79 Å². The van der Waals surface area contributed by atoms with Crippen molar-refractivity contribution < 1.29 is 9.90 Å². The molecule has 0 aliphatic rings. The summed E-state index contributed by atoms with van der Waals surface area (Å²) in [7, 11) is 3.27. The summed E-state index contributed by atoms with van der Waals surface area (Å²) in [5.41, 5.74) is 0. The predicted molar refractivity (Wildman–Crippen MR) is 41.9 cm³/mol. The fourth-order valence-electron chi connectivity index (χ4n) is 0.466. The summed E-state index contributed by atoms with van der Waals surface area (Å²) in [6.07, 6.45) is 0. The molecule has 0 spiro atoms. The van der Waals surface area contributed by atoms with Gasteiger partial charge in [-0.1, -0.05) is 0 Å². The van der Waals surface area contributed by atoms with Crippen LogP contribution in [0, 0.1) is 0 Å². The van der Waals surface area contributed by atoms with E-state index < -0.39 is 5.97 Å². The Balaban J connectivity index is 3.72. The maximum absolute atomic E-state index is 10.1. The van der Waals surface area contributed by atoms with E-state index in [1.165, 1.54) is 4.90 Å². The van der Waals surface area contributed by atoms with Crippen LogP contribution in [-0.2, 0) is 4.79 Å². The molecule has 0 radical (unpaired) electrons. The first-order chi connectivity index (χ1) is 4.57. The highest BCUT2D eigenvalue weighted by atomic mass is 32.1. The van der Waals surface area contributed by atoms with Gasteiger partial charge < -0.3 is 15.3 Å². The number of carboxylic acid groups (broad SMARTS) is 1. The summed E-state index contributed by atoms with van der Waals surface area (Å²) in [4.78, 5) is 11.5. The lowest BCUT2D eigenvalue weighted by Gasteiger charge is -2.15. The van der Waals surface area contributed by atoms with E-state index >= 15 is 0 Å². The minimum absolute atomic E-state index is 0.0698. The number of nitrogens with zero attached hydrogens (tertiary/aromatic N) is 1. The lowest BCUT2D eigenvalue weighted by atomic mass is 10.6. The molecule has 0 rings (SSSR count). The molecule has 2 N–H and O–H groups in total. The SMILES string of the molecule is CNC(=S)N(C)CC(=O)O. The number of hydrogen-bond donors (Lipinski definition) is 2. The molecule has 0 fully saturated rings. The van der Waals surface area contributed by atoms with Gasteiger partial charge in [0.15, 0.2) is 5.11 Å². The average molecular weight is 162 g/mol. The number of likely N-dealkylation sites (N-methyl/N-ethyl adjacent to an activating group) is 1. The van der Waals surface area contributed by atoms with E-state index in [2.05, 4.69) is 5.32 Å². The maximum Gasteiger partial charge on any atom is 0.323 e. The molecule has 0 amide bonds. The van der Waals surface area contributed by atoms with Crippen molar-refractivity contribution in [3.05, 3.63) is 0 Å². The Hall–Kier alpha value is -0.840. The van der Waals surface area contributed by atoms with Crippen molar-refractivity contribution >= 4 is 23.3 Å². The molecule has 0 aromatic heterocycles. The third kappa shape index (κ3) is 3.24. The summed E-state index contributed by atoms with van der Waals surface area (Å²) < 4.78 is 0. The van der Waals surface area contributed by atoms with Crippen LogP contribution < -0.4 is 5.32 Å². The first kappa shape index (κ1) is 9.16. The molecule has 58 valence electrons. The molecule has 0 aliphatic carbocycles. The van der Waals surface area contributed by atoms with E-state index in [4.69, 9.17) is 17.3 Å². The van der Waals surface area contributed by atoms with E-state index in [-0.39, 0.29) is 6.54 Å². The fraction of sp³-hybridized carbons (Fsp3) is 0.600. The van der Waals surface area contributed by atoms with Crippen molar-refractivity contribution in [2.24, 2.45) is 0 Å². The fourth-order valence-corrected chi connectivity index (χ4v) is 0.530. The minimum Gasteiger partial charge on any atom is -0.480 e. The monoisotopic (exact) mass is 162 g/mol. The highest BCUT2D eigenvalue weighted by molar-refractivity contribution is 7.80. The summed E-state index contributed by atoms with van der Waals surface area (Å²) in [6.45, 7) is -0.0698. The molecule has 0 heterocycles. The Labute approximate surface area is 64.8 Å². The highest BCUT2D eigenvalue weighted by Crippen LogP contribution is 1.82. The number of aliphatic carboxylic acids is 1. The van der Waals surface area contributed by atoms with Gasteiger partial charge in [0.1, 0.15) is 6.54 Å². The van der Waals surface area contributed by atoms with Crippen LogP contribution in [0.15, 0.2) is 0 Å². The molecule has 0 atom stereocenters. The molecular formula is C5H10N2O2S. The van der Waals surface area contributed by atoms with Gasteiger partial charge in [0.25, 0.3) is 0 Å². The smallest absolute Gasteiger partial charge is 0.323 e. The van der Waals surface area contributed by atoms with Crippen molar-refractivity contribution in [3.8, 4) is 0 Å². The molecule has 0 aromatic carbocycles. The topological polar surface area (TPSA) is 52.6 Å². The maximum atomic E-state index is 10.1. The number of carboxylic acids is 1. The molecule has 0 saturated carbocycles. The van der Waals surface area contributed by atoms with E-state index in [1.54, 1.807) is 14.1 Å². The van der Waals surface area contributed by atoms with Gasteiger partial charge in [-0.15, -0.1) is 0 Å². The predicted octanol–water partition coefficient (Wildman–Crippen LogP) is -0.493. The van der Waals surface area contributed by atoms with E-state index in [1.807, 2.05) is 0 Å². The molecule has 4 nitrogen and oxygen atoms in total. The number of nitrogens with one attached hydrogen (secondary N) is 1. The van der Waals surface area contributed by atoms with Gasteiger partial charge in [0, 0.05) is 14.1 Å². The second kappa shape index (κ2) is 4.05. The molecule has 0 saturated heterocycles. The summed E-state index contributed by atoms with van der Waals surface area (Å²) in [5, 5.41) is 11.4. The molecule has 0 aliphatic heterocycles. The second-order valence-corrected chi connectivity index (χ2v) is 2.19. The Kier molecular flexibility index (Phi) is 3.71. The largest absolute Gasteiger partial charge is 0.480 e. The lowest BCUT2D eigenvalue weighted by Crippen LogP contribution is -2.37. The lowest BCUT2D eigenvalue weighted by molar-refractivity contribution is -0.137. The number of hydrogen-bond acceptors (Lipinski definition) is 2. The van der Waals surface area contributed by atoms with Gasteiger partial charge in [-0.2, -0.15) is 0 Å². The Bertz CT molecular complexity index is 149. The Morgan fingerprint density at radius 2 is 2.30 bits per heavy atom. The van der Waals surface area contributed by atoms with Crippen LogP contribution in [-0.4, -0.2) is 41.7 Å². The standard InChI is InChI=1S/C5H10N2O2S/c1-6-5(10)7(2)3-4(8)9/h3H2,1-2H3,(H,6,10)(H,8,9). The zero-order chi connectivity index (χ0) is 8.15. The number of rotatable bonds is 2. The van der Waals surface area contributed by atoms with E-state index in [0.717, 1.165) is 0 Å². The van der Waals surface area contributed by atoms with Crippen LogP contribution in [0.4, 0.5) is 0 Å². The van der Waals surface area contributed by atoms with Gasteiger partial charge in [-0.25, -0.2) is 0 Å². The molecule has 10 heavy (non-hydrogen) atoms. The first-order valence-electron chi connectivity index (χ1n) is 2.72. The Morgan fingerprint density at radius 3 is 2.60 bits per heavy atom. The quantitative estimate of drug-likeness (QED) is 0.536. The van der Waals surface area contributed by atoms with Gasteiger partial charge in [0.05, 0.1) is 0 Å². The summed E-state index contributed by atoms with van der Waals surface area (Å²) >= 11 is 4.75. The van der Waals surface area contributed by atoms with Crippen molar-refractivity contribution in [1.82, 2.24) is 10.2 Å². The Morgan fingerprint density at radius 1 is 1.80 bits per heavy atom. The number of carbonyl (C=O) groups is 1. The third-order valence-corrected chi connectivity index (χ3v) is 1.45. The second-order valence-electron chi connectivity index (χ2n) is 1.80. The van der Waals surface area contributed by atoms with Crippen LogP contribution in [0.25, 0.3) is 0 Å². The van der Waals surface area contributed by atoms with Crippen LogP contribution in [0.2, 0.25) is 0 Å². The number of thiocarbonyl (C=S) groups is 1. The first-order valence-corrected chi connectivity index (χ1v) is 3.13. The van der Waals surface area contributed by atoms with E-state index in [0.29, 0.717) is 5.11 Å². The van der Waals surface area contributed by atoms with Crippen molar-refractivity contribution in [2.45, 2.75) is 0 Å².